The van der Waals surface area contributed by atoms with Gasteiger partial charge in [0.05, 0.1) is 27.8 Å². The third kappa shape index (κ3) is 5.97. The fourth-order valence-corrected chi connectivity index (χ4v) is 9.90. The van der Waals surface area contributed by atoms with E-state index in [-0.39, 0.29) is 26.5 Å². The first-order valence-electron chi connectivity index (χ1n) is 21.7. The first kappa shape index (κ1) is 39.1. The Morgan fingerprint density at radius 1 is 0.508 bits per heavy atom. The Balaban J connectivity index is 0.00000444. The molecule has 5 heterocycles. The molecule has 5 aromatic heterocycles. The molecule has 7 heteroatoms. The maximum Gasteiger partial charge on any atom is 0.268 e. The Morgan fingerprint density at radius 2 is 1.05 bits per heavy atom. The molecule has 0 aliphatic rings. The van der Waals surface area contributed by atoms with Crippen LogP contribution in [0.1, 0.15) is 26.3 Å². The van der Waals surface area contributed by atoms with Crippen LogP contribution in [0.5, 0.6) is 11.5 Å². The van der Waals surface area contributed by atoms with Crippen molar-refractivity contribution >= 4 is 87.2 Å². The van der Waals surface area contributed by atoms with Crippen molar-refractivity contribution in [2.75, 3.05) is 0 Å². The molecule has 0 radical (unpaired) electrons. The van der Waals surface area contributed by atoms with Gasteiger partial charge in [-0.3, -0.25) is 4.57 Å². The van der Waals surface area contributed by atoms with Crippen LogP contribution in [0.15, 0.2) is 182 Å². The summed E-state index contributed by atoms with van der Waals surface area (Å²) in [5, 5.41) is 8.91. The number of imidazole rings is 1. The second-order valence-corrected chi connectivity index (χ2v) is 17.6. The van der Waals surface area contributed by atoms with Gasteiger partial charge in [-0.05, 0) is 69.7 Å². The van der Waals surface area contributed by atoms with Crippen LogP contribution in [0.25, 0.3) is 98.7 Å². The minimum atomic E-state index is -0.0398. The number of nitrogens with zero attached hydrogens (tertiary/aromatic N) is 5. The summed E-state index contributed by atoms with van der Waals surface area (Å²) in [5.74, 6) is 1.99. The first-order chi connectivity index (χ1) is 31.4. The summed E-state index contributed by atoms with van der Waals surface area (Å²) in [7, 11) is 0. The van der Waals surface area contributed by atoms with Gasteiger partial charge in [-0.25, -0.2) is 4.98 Å². The van der Waals surface area contributed by atoms with Crippen molar-refractivity contribution in [3.8, 4) is 23.0 Å². The van der Waals surface area contributed by atoms with Crippen LogP contribution in [0.3, 0.4) is 0 Å². The molecular formula is C58H39N5OPt-2. The fraction of sp³-hybridized carbons (Fsp3) is 0.0690. The fourth-order valence-electron chi connectivity index (χ4n) is 9.90. The summed E-state index contributed by atoms with van der Waals surface area (Å²) in [6.45, 7) is 6.69. The maximum atomic E-state index is 6.88. The minimum absolute atomic E-state index is 0. The van der Waals surface area contributed by atoms with Crippen LogP contribution in [0, 0.1) is 18.5 Å². The Labute approximate surface area is 389 Å². The monoisotopic (exact) mass is 1020 g/mol. The van der Waals surface area contributed by atoms with Gasteiger partial charge in [-0.1, -0.05) is 141 Å². The molecule has 13 aromatic rings. The zero-order valence-corrected chi connectivity index (χ0v) is 38.1. The van der Waals surface area contributed by atoms with Gasteiger partial charge in [0.2, 0.25) is 0 Å². The number of aromatic nitrogens is 5. The van der Waals surface area contributed by atoms with Crippen LogP contribution in [0.2, 0.25) is 0 Å². The van der Waals surface area contributed by atoms with Gasteiger partial charge in [-0.2, -0.15) is 12.1 Å². The molecule has 0 amide bonds. The summed E-state index contributed by atoms with van der Waals surface area (Å²) in [6, 6.07) is 69.7. The molecular weight excluding hydrogens is 978 g/mol. The van der Waals surface area contributed by atoms with Gasteiger partial charge in [0, 0.05) is 66.0 Å². The number of fused-ring (bicyclic) bond motifs is 12. The van der Waals surface area contributed by atoms with Gasteiger partial charge in [0.25, 0.3) is 6.33 Å². The molecule has 0 bridgehead atoms. The van der Waals surface area contributed by atoms with E-state index < -0.39 is 0 Å². The normalized spacial score (nSPS) is 12.1. The Morgan fingerprint density at radius 3 is 1.72 bits per heavy atom. The first-order valence-corrected chi connectivity index (χ1v) is 21.7. The molecule has 0 spiro atoms. The van der Waals surface area contributed by atoms with Crippen molar-refractivity contribution in [3.05, 3.63) is 206 Å². The predicted octanol–water partition coefficient (Wildman–Crippen LogP) is 13.8. The second kappa shape index (κ2) is 14.8. The zero-order valence-electron chi connectivity index (χ0n) is 35.8. The van der Waals surface area contributed by atoms with E-state index in [0.29, 0.717) is 11.5 Å². The molecule has 0 atom stereocenters. The van der Waals surface area contributed by atoms with Crippen molar-refractivity contribution in [1.82, 2.24) is 18.4 Å². The van der Waals surface area contributed by atoms with Crippen LogP contribution < -0.4 is 9.30 Å². The van der Waals surface area contributed by atoms with Gasteiger partial charge in [-0.15, -0.1) is 35.0 Å². The molecule has 8 aromatic carbocycles. The zero-order chi connectivity index (χ0) is 42.7. The summed E-state index contributed by atoms with van der Waals surface area (Å²) in [6.07, 6.45) is 5.73. The number of ether oxygens (including phenoxy) is 1. The molecule has 0 saturated heterocycles. The van der Waals surface area contributed by atoms with Crippen LogP contribution in [-0.2, 0) is 26.5 Å². The Kier molecular flexibility index (Phi) is 8.88. The van der Waals surface area contributed by atoms with E-state index in [1.807, 2.05) is 24.4 Å². The largest absolute Gasteiger partial charge is 0.510 e. The van der Waals surface area contributed by atoms with Crippen LogP contribution >= 0.6 is 0 Å². The number of hydrogen-bond donors (Lipinski definition) is 0. The summed E-state index contributed by atoms with van der Waals surface area (Å²) in [4.78, 5) is 4.90. The third-order valence-corrected chi connectivity index (χ3v) is 12.9. The van der Waals surface area contributed by atoms with E-state index in [4.69, 9.17) is 9.72 Å². The van der Waals surface area contributed by atoms with E-state index in [2.05, 4.69) is 215 Å². The van der Waals surface area contributed by atoms with E-state index >= 15 is 0 Å². The van der Waals surface area contributed by atoms with Crippen LogP contribution in [-0.4, -0.2) is 18.4 Å². The van der Waals surface area contributed by atoms with Crippen molar-refractivity contribution in [2.45, 2.75) is 26.2 Å². The molecule has 0 saturated carbocycles. The number of benzene rings is 8. The van der Waals surface area contributed by atoms with E-state index in [9.17, 15) is 0 Å². The van der Waals surface area contributed by atoms with Crippen molar-refractivity contribution in [1.29, 1.82) is 0 Å². The summed E-state index contributed by atoms with van der Waals surface area (Å²) >= 11 is 0. The molecule has 65 heavy (non-hydrogen) atoms. The van der Waals surface area contributed by atoms with Crippen molar-refractivity contribution in [3.63, 3.8) is 0 Å². The maximum absolute atomic E-state index is 6.88. The topological polar surface area (TPSA) is 39.8 Å². The molecule has 13 rings (SSSR count). The Hall–Kier alpha value is -7.53. The van der Waals surface area contributed by atoms with Crippen molar-refractivity contribution in [2.24, 2.45) is 0 Å². The number of hydrogen-bond acceptors (Lipinski definition) is 2. The van der Waals surface area contributed by atoms with Gasteiger partial charge >= 0.3 is 0 Å². The molecule has 0 unspecified atom stereocenters. The van der Waals surface area contributed by atoms with Crippen molar-refractivity contribution < 1.29 is 30.4 Å². The SMILES string of the molecule is CC(C)(C)c1ccnc(-n2c3[c-]c(Oc4[c-]c5c(cc4)c4cccc6c7ccccc7n(c7ccccc7c7cccc8c7n5[c-][n+]8-c5ccccc5)c46)ccc3c3ccccc32)c1.[Pt]. The second-order valence-electron chi connectivity index (χ2n) is 17.6. The Bertz CT molecular complexity index is 4100. The predicted molar refractivity (Wildman–Crippen MR) is 260 cm³/mol. The quantitative estimate of drug-likeness (QED) is 0.130. The molecule has 0 fully saturated rings. The van der Waals surface area contributed by atoms with E-state index in [1.165, 1.54) is 16.3 Å². The summed E-state index contributed by atoms with van der Waals surface area (Å²) < 4.78 is 15.9. The minimum Gasteiger partial charge on any atom is -0.510 e. The van der Waals surface area contributed by atoms with Crippen LogP contribution in [0.4, 0.5) is 0 Å². The van der Waals surface area contributed by atoms with E-state index in [0.717, 1.165) is 88.0 Å². The molecule has 0 N–H and O–H groups in total. The standard InChI is InChI=1S/C58H39N5O.Pt/c1-58(2,3)37-31-32-59-55(33-37)62-49-23-10-7-17-41(49)44-29-27-40(35-54(44)62)64-39-28-30-45-47-21-13-20-46-42-18-8-11-24-50(42)63(56(46)47)51-25-12-9-19-43(51)48-22-14-26-52-57(48)61(53(45)34-39)36-60(52)38-15-5-4-6-16-38;/h4-33H,1-3H3;/q-2;. The number of pyridine rings is 1. The average Bonchev–Trinajstić information content (AvgIpc) is 4.00. The molecule has 314 valence electrons. The molecule has 0 aliphatic carbocycles. The molecule has 6 nitrogen and oxygen atoms in total. The van der Waals surface area contributed by atoms with Gasteiger partial charge in [0.1, 0.15) is 5.82 Å². The third-order valence-electron chi connectivity index (χ3n) is 12.9. The summed E-state index contributed by atoms with van der Waals surface area (Å²) in [5.41, 5.74) is 10.4. The number of para-hydroxylation sites is 6. The van der Waals surface area contributed by atoms with E-state index in [1.54, 1.807) is 0 Å². The smallest absolute Gasteiger partial charge is 0.268 e. The number of rotatable bonds is 4. The molecule has 0 aliphatic heterocycles. The average molecular weight is 1020 g/mol. The van der Waals surface area contributed by atoms with Gasteiger partial charge < -0.3 is 18.1 Å². The van der Waals surface area contributed by atoms with Gasteiger partial charge in [0.15, 0.2) is 0 Å².